The third-order valence-corrected chi connectivity index (χ3v) is 5.10. The summed E-state index contributed by atoms with van der Waals surface area (Å²) in [5, 5.41) is 11.9. The minimum atomic E-state index is -0.315. The van der Waals surface area contributed by atoms with Crippen LogP contribution >= 0.6 is 11.8 Å². The van der Waals surface area contributed by atoms with Crippen LogP contribution in [0.15, 0.2) is 42.1 Å². The van der Waals surface area contributed by atoms with Crippen molar-refractivity contribution >= 4 is 23.4 Å². The van der Waals surface area contributed by atoms with Gasteiger partial charge in [0.05, 0.1) is 18.0 Å². The van der Waals surface area contributed by atoms with Gasteiger partial charge in [0.2, 0.25) is 5.91 Å². The van der Waals surface area contributed by atoms with Crippen molar-refractivity contribution in [1.82, 2.24) is 14.8 Å². The van der Waals surface area contributed by atoms with Crippen LogP contribution < -0.4 is 10.1 Å². The quantitative estimate of drug-likeness (QED) is 0.578. The van der Waals surface area contributed by atoms with Crippen molar-refractivity contribution in [3.63, 3.8) is 0 Å². The third kappa shape index (κ3) is 4.04. The monoisotopic (exact) mass is 358 g/mol. The van der Waals surface area contributed by atoms with E-state index in [1.165, 1.54) is 11.8 Å². The number of benzene rings is 1. The van der Waals surface area contributed by atoms with E-state index in [0.717, 1.165) is 23.8 Å². The summed E-state index contributed by atoms with van der Waals surface area (Å²) in [6, 6.07) is 7.36. The van der Waals surface area contributed by atoms with E-state index in [-0.39, 0.29) is 11.2 Å². The Morgan fingerprint density at radius 1 is 1.48 bits per heavy atom. The predicted molar refractivity (Wildman–Crippen MR) is 99.1 cm³/mol. The van der Waals surface area contributed by atoms with Crippen LogP contribution in [0.2, 0.25) is 0 Å². The molecule has 1 aromatic heterocycles. The van der Waals surface area contributed by atoms with Gasteiger partial charge in [0.15, 0.2) is 5.16 Å². The molecule has 1 heterocycles. The molecule has 132 valence electrons. The summed E-state index contributed by atoms with van der Waals surface area (Å²) >= 11 is 1.41. The average Bonchev–Trinajstić information content (AvgIpc) is 3.39. The first-order chi connectivity index (χ1) is 12.1. The highest BCUT2D eigenvalue weighted by molar-refractivity contribution is 8.00. The number of hydrogen-bond donors (Lipinski definition) is 1. The van der Waals surface area contributed by atoms with E-state index in [1.54, 1.807) is 7.11 Å². The van der Waals surface area contributed by atoms with Gasteiger partial charge in [0.1, 0.15) is 11.6 Å². The zero-order valence-electron chi connectivity index (χ0n) is 14.4. The number of carbonyl (C=O) groups is 1. The summed E-state index contributed by atoms with van der Waals surface area (Å²) in [4.78, 5) is 12.5. The highest BCUT2D eigenvalue weighted by atomic mass is 32.2. The highest BCUT2D eigenvalue weighted by Crippen LogP contribution is 2.40. The Bertz CT molecular complexity index is 770. The topological polar surface area (TPSA) is 69.0 Å². The van der Waals surface area contributed by atoms with E-state index in [1.807, 2.05) is 37.3 Å². The second-order valence-corrected chi connectivity index (χ2v) is 7.27. The molecule has 0 radical (unpaired) electrons. The maximum Gasteiger partial charge on any atom is 0.237 e. The Morgan fingerprint density at radius 2 is 2.24 bits per heavy atom. The van der Waals surface area contributed by atoms with Gasteiger partial charge in [0, 0.05) is 12.5 Å². The Labute approximate surface area is 151 Å². The molecule has 0 saturated heterocycles. The number of methoxy groups -OCH3 is 1. The average molecular weight is 358 g/mol. The molecule has 25 heavy (non-hydrogen) atoms. The van der Waals surface area contributed by atoms with Crippen molar-refractivity contribution in [2.75, 3.05) is 12.4 Å². The smallest absolute Gasteiger partial charge is 0.237 e. The third-order valence-electron chi connectivity index (χ3n) is 4.02. The van der Waals surface area contributed by atoms with E-state index in [4.69, 9.17) is 4.74 Å². The summed E-state index contributed by atoms with van der Waals surface area (Å²) in [7, 11) is 1.58. The Hall–Kier alpha value is -2.28. The molecule has 1 aliphatic rings. The van der Waals surface area contributed by atoms with Crippen LogP contribution in [0.5, 0.6) is 5.75 Å². The van der Waals surface area contributed by atoms with Gasteiger partial charge in [-0.2, -0.15) is 0 Å². The lowest BCUT2D eigenvalue weighted by atomic mass is 10.3. The van der Waals surface area contributed by atoms with E-state index >= 15 is 0 Å². The van der Waals surface area contributed by atoms with E-state index in [0.29, 0.717) is 23.9 Å². The Balaban J connectivity index is 1.70. The normalized spacial score (nSPS) is 14.8. The molecular formula is C18H22N4O2S. The zero-order chi connectivity index (χ0) is 17.8. The van der Waals surface area contributed by atoms with Crippen molar-refractivity contribution in [2.24, 2.45) is 0 Å². The maximum atomic E-state index is 12.5. The van der Waals surface area contributed by atoms with Crippen LogP contribution in [-0.4, -0.2) is 33.0 Å². The number of thioether (sulfide) groups is 1. The molecule has 7 heteroatoms. The van der Waals surface area contributed by atoms with Crippen molar-refractivity contribution < 1.29 is 9.53 Å². The van der Waals surface area contributed by atoms with Gasteiger partial charge in [-0.3, -0.25) is 4.79 Å². The fourth-order valence-corrected chi connectivity index (χ4v) is 3.39. The summed E-state index contributed by atoms with van der Waals surface area (Å²) in [6.07, 6.45) is 4.15. The van der Waals surface area contributed by atoms with Gasteiger partial charge in [-0.25, -0.2) is 0 Å². The fourth-order valence-electron chi connectivity index (χ4n) is 2.53. The number of carbonyl (C=O) groups excluding carboxylic acids is 1. The standard InChI is InChI=1S/C18H22N4O2S/c1-4-11-22-16(13-9-10-13)20-21-18(22)25-12(2)17(23)19-14-7-5-6-8-15(14)24-3/h4-8,12-13H,1,9-11H2,2-3H3,(H,19,23). The van der Waals surface area contributed by atoms with Gasteiger partial charge in [-0.05, 0) is 31.9 Å². The molecule has 3 rings (SSSR count). The predicted octanol–water partition coefficient (Wildman–Crippen LogP) is 3.47. The summed E-state index contributed by atoms with van der Waals surface area (Å²) < 4.78 is 7.33. The lowest BCUT2D eigenvalue weighted by Gasteiger charge is -2.14. The molecule has 1 unspecified atom stereocenters. The number of amides is 1. The lowest BCUT2D eigenvalue weighted by molar-refractivity contribution is -0.115. The molecule has 1 amide bonds. The number of nitrogens with one attached hydrogen (secondary N) is 1. The number of aromatic nitrogens is 3. The molecule has 1 fully saturated rings. The molecule has 1 aromatic carbocycles. The molecule has 0 bridgehead atoms. The van der Waals surface area contributed by atoms with Crippen molar-refractivity contribution in [3.05, 3.63) is 42.7 Å². The van der Waals surface area contributed by atoms with E-state index < -0.39 is 0 Å². The highest BCUT2D eigenvalue weighted by Gasteiger charge is 2.31. The molecule has 1 N–H and O–H groups in total. The second-order valence-electron chi connectivity index (χ2n) is 5.96. The van der Waals surface area contributed by atoms with Crippen LogP contribution in [0.1, 0.15) is 31.5 Å². The molecule has 0 aliphatic heterocycles. The van der Waals surface area contributed by atoms with Crippen LogP contribution in [0.3, 0.4) is 0 Å². The van der Waals surface area contributed by atoms with Crippen molar-refractivity contribution in [3.8, 4) is 5.75 Å². The second kappa shape index (κ2) is 7.74. The lowest BCUT2D eigenvalue weighted by Crippen LogP contribution is -2.23. The Kier molecular flexibility index (Phi) is 5.43. The van der Waals surface area contributed by atoms with E-state index in [2.05, 4.69) is 26.7 Å². The van der Waals surface area contributed by atoms with Crippen LogP contribution in [-0.2, 0) is 11.3 Å². The maximum absolute atomic E-state index is 12.5. The minimum Gasteiger partial charge on any atom is -0.495 e. The number of allylic oxidation sites excluding steroid dienone is 1. The molecule has 1 saturated carbocycles. The van der Waals surface area contributed by atoms with Crippen LogP contribution in [0.25, 0.3) is 0 Å². The minimum absolute atomic E-state index is 0.101. The number of para-hydroxylation sites is 2. The summed E-state index contributed by atoms with van der Waals surface area (Å²) in [6.45, 7) is 6.32. The van der Waals surface area contributed by atoms with Gasteiger partial charge < -0.3 is 14.6 Å². The van der Waals surface area contributed by atoms with Gasteiger partial charge in [-0.15, -0.1) is 16.8 Å². The first kappa shape index (κ1) is 17.5. The number of hydrogen-bond acceptors (Lipinski definition) is 5. The van der Waals surface area contributed by atoms with E-state index in [9.17, 15) is 4.79 Å². The molecule has 2 aromatic rings. The zero-order valence-corrected chi connectivity index (χ0v) is 15.3. The number of rotatable bonds is 8. The first-order valence-corrected chi connectivity index (χ1v) is 9.16. The molecular weight excluding hydrogens is 336 g/mol. The Morgan fingerprint density at radius 3 is 2.92 bits per heavy atom. The fraction of sp³-hybridized carbons (Fsp3) is 0.389. The largest absolute Gasteiger partial charge is 0.495 e. The molecule has 6 nitrogen and oxygen atoms in total. The van der Waals surface area contributed by atoms with Gasteiger partial charge in [0.25, 0.3) is 0 Å². The van der Waals surface area contributed by atoms with Crippen LogP contribution in [0.4, 0.5) is 5.69 Å². The number of nitrogens with zero attached hydrogens (tertiary/aromatic N) is 3. The molecule has 1 atom stereocenters. The SMILES string of the molecule is C=CCn1c(SC(C)C(=O)Nc2ccccc2OC)nnc1C1CC1. The molecule has 0 spiro atoms. The summed E-state index contributed by atoms with van der Waals surface area (Å²) in [5.74, 6) is 2.04. The van der Waals surface area contributed by atoms with Gasteiger partial charge >= 0.3 is 0 Å². The van der Waals surface area contributed by atoms with Crippen molar-refractivity contribution in [1.29, 1.82) is 0 Å². The number of anilines is 1. The van der Waals surface area contributed by atoms with Crippen LogP contribution in [0, 0.1) is 0 Å². The molecule has 1 aliphatic carbocycles. The van der Waals surface area contributed by atoms with Crippen molar-refractivity contribution in [2.45, 2.75) is 42.6 Å². The van der Waals surface area contributed by atoms with Gasteiger partial charge in [-0.1, -0.05) is 30.0 Å². The first-order valence-electron chi connectivity index (χ1n) is 8.28. The summed E-state index contributed by atoms with van der Waals surface area (Å²) in [5.41, 5.74) is 0.661. The number of ether oxygens (including phenoxy) is 1.